The molecule has 1 N–H and O–H groups in total. The molecule has 100 valence electrons. The van der Waals surface area contributed by atoms with Crippen LogP contribution in [-0.4, -0.2) is 36.6 Å². The van der Waals surface area contributed by atoms with Gasteiger partial charge in [-0.15, -0.1) is 0 Å². The molecule has 0 spiro atoms. The lowest BCUT2D eigenvalue weighted by Gasteiger charge is -2.44. The Hall–Kier alpha value is -0.930. The van der Waals surface area contributed by atoms with Crippen LogP contribution in [0.1, 0.15) is 25.8 Å². The van der Waals surface area contributed by atoms with Crippen molar-refractivity contribution < 1.29 is 0 Å². The second kappa shape index (κ2) is 5.81. The number of rotatable bonds is 4. The molecule has 2 heterocycles. The highest BCUT2D eigenvalue weighted by molar-refractivity contribution is 5.08. The molecule has 1 atom stereocenters. The lowest BCUT2D eigenvalue weighted by atomic mass is 9.73. The molecule has 3 heteroatoms. The van der Waals surface area contributed by atoms with Gasteiger partial charge in [0.25, 0.3) is 0 Å². The van der Waals surface area contributed by atoms with Crippen LogP contribution >= 0.6 is 0 Å². The van der Waals surface area contributed by atoms with Crippen LogP contribution in [0, 0.1) is 11.3 Å². The molecule has 0 amide bonds. The molecule has 1 unspecified atom stereocenters. The van der Waals surface area contributed by atoms with Gasteiger partial charge in [-0.2, -0.15) is 0 Å². The van der Waals surface area contributed by atoms with Crippen molar-refractivity contribution in [1.82, 2.24) is 15.2 Å². The fourth-order valence-electron chi connectivity index (χ4n) is 2.78. The van der Waals surface area contributed by atoms with Gasteiger partial charge in [-0.3, -0.25) is 9.88 Å². The van der Waals surface area contributed by atoms with Crippen molar-refractivity contribution in [2.45, 2.75) is 26.8 Å². The van der Waals surface area contributed by atoms with E-state index in [1.807, 2.05) is 18.5 Å². The highest BCUT2D eigenvalue weighted by atomic mass is 15.1. The molecule has 0 saturated carbocycles. The first kappa shape index (κ1) is 13.5. The van der Waals surface area contributed by atoms with Crippen molar-refractivity contribution in [2.75, 3.05) is 26.7 Å². The van der Waals surface area contributed by atoms with Gasteiger partial charge in [0.05, 0.1) is 0 Å². The zero-order valence-corrected chi connectivity index (χ0v) is 11.8. The van der Waals surface area contributed by atoms with Crippen molar-refractivity contribution in [2.24, 2.45) is 11.3 Å². The van der Waals surface area contributed by atoms with Gasteiger partial charge in [-0.25, -0.2) is 0 Å². The van der Waals surface area contributed by atoms with Gasteiger partial charge in [0.2, 0.25) is 0 Å². The van der Waals surface area contributed by atoms with Gasteiger partial charge in [0.1, 0.15) is 0 Å². The van der Waals surface area contributed by atoms with Crippen LogP contribution in [0.25, 0.3) is 0 Å². The number of likely N-dealkylation sites (tertiary alicyclic amines) is 1. The number of nitrogens with zero attached hydrogens (tertiary/aromatic N) is 2. The van der Waals surface area contributed by atoms with E-state index in [1.165, 1.54) is 25.1 Å². The SMILES string of the molecule is CNCC1CN(Cc2cccnc2)CCC1(C)C. The minimum atomic E-state index is 0.453. The quantitative estimate of drug-likeness (QED) is 0.883. The van der Waals surface area contributed by atoms with Crippen LogP contribution in [0.15, 0.2) is 24.5 Å². The Labute approximate surface area is 111 Å². The average Bonchev–Trinajstić information content (AvgIpc) is 2.35. The average molecular weight is 247 g/mol. The molecule has 1 aromatic rings. The molecule has 1 aromatic heterocycles. The van der Waals surface area contributed by atoms with Gasteiger partial charge in [-0.1, -0.05) is 19.9 Å². The second-order valence-electron chi connectivity index (χ2n) is 6.09. The highest BCUT2D eigenvalue weighted by Crippen LogP contribution is 2.35. The summed E-state index contributed by atoms with van der Waals surface area (Å²) in [7, 11) is 2.05. The first-order valence-electron chi connectivity index (χ1n) is 6.87. The van der Waals surface area contributed by atoms with E-state index in [1.54, 1.807) is 0 Å². The minimum absolute atomic E-state index is 0.453. The topological polar surface area (TPSA) is 28.2 Å². The molecule has 1 fully saturated rings. The predicted octanol–water partition coefficient (Wildman–Crippen LogP) is 2.15. The summed E-state index contributed by atoms with van der Waals surface area (Å²) in [5.41, 5.74) is 1.77. The van der Waals surface area contributed by atoms with Crippen molar-refractivity contribution in [3.63, 3.8) is 0 Å². The van der Waals surface area contributed by atoms with Crippen LogP contribution < -0.4 is 5.32 Å². The van der Waals surface area contributed by atoms with Gasteiger partial charge in [-0.05, 0) is 49.5 Å². The summed E-state index contributed by atoms with van der Waals surface area (Å²) < 4.78 is 0. The third-order valence-corrected chi connectivity index (χ3v) is 4.24. The first-order chi connectivity index (χ1) is 8.62. The van der Waals surface area contributed by atoms with Crippen LogP contribution in [-0.2, 0) is 6.54 Å². The number of aromatic nitrogens is 1. The Morgan fingerprint density at radius 1 is 1.50 bits per heavy atom. The molecule has 1 aliphatic heterocycles. The van der Waals surface area contributed by atoms with E-state index in [9.17, 15) is 0 Å². The third-order valence-electron chi connectivity index (χ3n) is 4.24. The summed E-state index contributed by atoms with van der Waals surface area (Å²) in [5, 5.41) is 3.34. The molecule has 0 aromatic carbocycles. The molecule has 1 saturated heterocycles. The van der Waals surface area contributed by atoms with Crippen molar-refractivity contribution in [1.29, 1.82) is 0 Å². The number of hydrogen-bond donors (Lipinski definition) is 1. The summed E-state index contributed by atoms with van der Waals surface area (Å²) in [5.74, 6) is 0.730. The van der Waals surface area contributed by atoms with Crippen molar-refractivity contribution in [3.8, 4) is 0 Å². The fourth-order valence-corrected chi connectivity index (χ4v) is 2.78. The number of hydrogen-bond acceptors (Lipinski definition) is 3. The Balaban J connectivity index is 1.96. The van der Waals surface area contributed by atoms with Gasteiger partial charge in [0, 0.05) is 25.5 Å². The highest BCUT2D eigenvalue weighted by Gasteiger charge is 2.34. The maximum absolute atomic E-state index is 4.20. The van der Waals surface area contributed by atoms with E-state index in [4.69, 9.17) is 0 Å². The number of piperidine rings is 1. The third kappa shape index (κ3) is 3.30. The van der Waals surface area contributed by atoms with Crippen LogP contribution in [0.4, 0.5) is 0 Å². The Kier molecular flexibility index (Phi) is 4.36. The number of nitrogens with one attached hydrogen (secondary N) is 1. The molecule has 0 radical (unpaired) electrons. The molecular weight excluding hydrogens is 222 g/mol. The lowest BCUT2D eigenvalue weighted by Crippen LogP contribution is -2.47. The van der Waals surface area contributed by atoms with Gasteiger partial charge in [0.15, 0.2) is 0 Å². The van der Waals surface area contributed by atoms with E-state index in [0.717, 1.165) is 19.0 Å². The maximum atomic E-state index is 4.20. The smallest absolute Gasteiger partial charge is 0.0312 e. The summed E-state index contributed by atoms with van der Waals surface area (Å²) in [6.45, 7) is 9.32. The van der Waals surface area contributed by atoms with Crippen molar-refractivity contribution >= 4 is 0 Å². The summed E-state index contributed by atoms with van der Waals surface area (Å²) in [6.07, 6.45) is 5.10. The van der Waals surface area contributed by atoms with E-state index >= 15 is 0 Å². The van der Waals surface area contributed by atoms with Gasteiger partial charge < -0.3 is 5.32 Å². The molecule has 18 heavy (non-hydrogen) atoms. The fraction of sp³-hybridized carbons (Fsp3) is 0.667. The van der Waals surface area contributed by atoms with Gasteiger partial charge >= 0.3 is 0 Å². The van der Waals surface area contributed by atoms with Crippen molar-refractivity contribution in [3.05, 3.63) is 30.1 Å². The molecular formula is C15H25N3. The standard InChI is InChI=1S/C15H25N3/c1-15(2)6-8-18(12-14(15)10-16-3)11-13-5-4-7-17-9-13/h4-5,7,9,14,16H,6,8,10-12H2,1-3H3. The Morgan fingerprint density at radius 3 is 3.00 bits per heavy atom. The van der Waals surface area contributed by atoms with E-state index in [-0.39, 0.29) is 0 Å². The minimum Gasteiger partial charge on any atom is -0.319 e. The van der Waals surface area contributed by atoms with E-state index in [2.05, 4.69) is 42.2 Å². The van der Waals surface area contributed by atoms with E-state index < -0.39 is 0 Å². The lowest BCUT2D eigenvalue weighted by molar-refractivity contribution is 0.0565. The Morgan fingerprint density at radius 2 is 2.33 bits per heavy atom. The zero-order chi connectivity index (χ0) is 13.0. The monoisotopic (exact) mass is 247 g/mol. The molecule has 3 nitrogen and oxygen atoms in total. The van der Waals surface area contributed by atoms with Crippen LogP contribution in [0.2, 0.25) is 0 Å². The first-order valence-corrected chi connectivity index (χ1v) is 6.87. The molecule has 2 rings (SSSR count). The zero-order valence-electron chi connectivity index (χ0n) is 11.8. The Bertz CT molecular complexity index is 361. The molecule has 0 aliphatic carbocycles. The largest absolute Gasteiger partial charge is 0.319 e. The second-order valence-corrected chi connectivity index (χ2v) is 6.09. The molecule has 0 bridgehead atoms. The predicted molar refractivity (Wildman–Crippen MR) is 75.3 cm³/mol. The number of pyridine rings is 1. The molecule has 1 aliphatic rings. The van der Waals surface area contributed by atoms with Crippen LogP contribution in [0.3, 0.4) is 0 Å². The normalized spacial score (nSPS) is 24.1. The van der Waals surface area contributed by atoms with Crippen LogP contribution in [0.5, 0.6) is 0 Å². The summed E-state index contributed by atoms with van der Waals surface area (Å²) in [6, 6.07) is 4.19. The summed E-state index contributed by atoms with van der Waals surface area (Å²) in [4.78, 5) is 6.75. The summed E-state index contributed by atoms with van der Waals surface area (Å²) >= 11 is 0. The maximum Gasteiger partial charge on any atom is 0.0312 e. The van der Waals surface area contributed by atoms with E-state index in [0.29, 0.717) is 5.41 Å².